The molecule has 118 valence electrons. The van der Waals surface area contributed by atoms with Crippen molar-refractivity contribution in [1.82, 2.24) is 19.6 Å². The number of carbonyl (C=O) groups excluding carboxylic acids is 2. The largest absolute Gasteiger partial charge is 0.345 e. The first-order chi connectivity index (χ1) is 10.5. The Morgan fingerprint density at radius 2 is 2.14 bits per heavy atom. The van der Waals surface area contributed by atoms with Gasteiger partial charge in [0, 0.05) is 51.6 Å². The maximum Gasteiger partial charge on any atom is 0.246 e. The number of rotatable bonds is 2. The van der Waals surface area contributed by atoms with Gasteiger partial charge in [0.05, 0.1) is 11.6 Å². The molecule has 2 saturated heterocycles. The van der Waals surface area contributed by atoms with Gasteiger partial charge in [-0.3, -0.25) is 14.3 Å². The second-order valence-electron chi connectivity index (χ2n) is 6.40. The zero-order chi connectivity index (χ0) is 15.7. The van der Waals surface area contributed by atoms with Crippen LogP contribution in [0, 0.1) is 5.41 Å². The molecule has 3 heterocycles. The first kappa shape index (κ1) is 14.8. The van der Waals surface area contributed by atoms with Crippen LogP contribution in [0.3, 0.4) is 0 Å². The van der Waals surface area contributed by atoms with E-state index in [9.17, 15) is 9.59 Å². The minimum absolute atomic E-state index is 0.0262. The van der Waals surface area contributed by atoms with Gasteiger partial charge in [-0.1, -0.05) is 0 Å². The molecule has 0 radical (unpaired) electrons. The average Bonchev–Trinajstić information content (AvgIpc) is 3.10. The van der Waals surface area contributed by atoms with Crippen molar-refractivity contribution in [3.8, 4) is 0 Å². The molecule has 1 atom stereocenters. The van der Waals surface area contributed by atoms with Gasteiger partial charge in [0.25, 0.3) is 0 Å². The fourth-order valence-electron chi connectivity index (χ4n) is 3.51. The molecule has 0 saturated carbocycles. The van der Waals surface area contributed by atoms with E-state index in [0.29, 0.717) is 13.1 Å². The number of nitrogens with zero attached hydrogens (tertiary/aromatic N) is 4. The molecule has 0 bridgehead atoms. The van der Waals surface area contributed by atoms with Crippen molar-refractivity contribution >= 4 is 17.9 Å². The Morgan fingerprint density at radius 3 is 2.86 bits per heavy atom. The number of piperidine rings is 1. The normalized spacial score (nSPS) is 25.6. The molecule has 1 aromatic heterocycles. The molecule has 2 fully saturated rings. The second kappa shape index (κ2) is 5.59. The lowest BCUT2D eigenvalue weighted by Gasteiger charge is -2.37. The topological polar surface area (TPSA) is 58.4 Å². The van der Waals surface area contributed by atoms with Crippen molar-refractivity contribution in [3.05, 3.63) is 24.0 Å². The smallest absolute Gasteiger partial charge is 0.246 e. The zero-order valence-electron chi connectivity index (χ0n) is 13.2. The molecule has 0 aliphatic carbocycles. The van der Waals surface area contributed by atoms with Crippen LogP contribution in [0.5, 0.6) is 0 Å². The maximum absolute atomic E-state index is 12.5. The summed E-state index contributed by atoms with van der Waals surface area (Å²) >= 11 is 0. The van der Waals surface area contributed by atoms with Gasteiger partial charge in [-0.25, -0.2) is 0 Å². The molecular weight excluding hydrogens is 280 g/mol. The summed E-state index contributed by atoms with van der Waals surface area (Å²) in [6, 6.07) is 0. The van der Waals surface area contributed by atoms with Gasteiger partial charge in [0.2, 0.25) is 11.8 Å². The first-order valence-corrected chi connectivity index (χ1v) is 7.71. The third-order valence-corrected chi connectivity index (χ3v) is 4.76. The molecule has 0 N–H and O–H groups in total. The Morgan fingerprint density at radius 1 is 1.32 bits per heavy atom. The van der Waals surface area contributed by atoms with Crippen LogP contribution in [0.15, 0.2) is 18.5 Å². The monoisotopic (exact) mass is 302 g/mol. The van der Waals surface area contributed by atoms with Gasteiger partial charge in [0.1, 0.15) is 0 Å². The van der Waals surface area contributed by atoms with Crippen LogP contribution in [-0.2, 0) is 16.6 Å². The summed E-state index contributed by atoms with van der Waals surface area (Å²) in [4.78, 5) is 28.4. The van der Waals surface area contributed by atoms with Crippen molar-refractivity contribution in [2.45, 2.75) is 19.3 Å². The number of likely N-dealkylation sites (tertiary alicyclic amines) is 2. The SMILES string of the molecule is CN1CCC[C@]2(CCN(C(=O)/C=C/c3cnn(C)c3)C2)C1=O. The quantitative estimate of drug-likeness (QED) is 0.763. The summed E-state index contributed by atoms with van der Waals surface area (Å²) in [5.74, 6) is 0.173. The molecule has 2 aliphatic heterocycles. The van der Waals surface area contributed by atoms with E-state index in [1.807, 2.05) is 25.2 Å². The fraction of sp³-hybridized carbons (Fsp3) is 0.562. The second-order valence-corrected chi connectivity index (χ2v) is 6.40. The van der Waals surface area contributed by atoms with Crippen LogP contribution < -0.4 is 0 Å². The van der Waals surface area contributed by atoms with Gasteiger partial charge < -0.3 is 9.80 Å². The molecule has 6 heteroatoms. The van der Waals surface area contributed by atoms with Crippen molar-refractivity contribution in [2.24, 2.45) is 12.5 Å². The predicted molar refractivity (Wildman–Crippen MR) is 82.7 cm³/mol. The highest BCUT2D eigenvalue weighted by Gasteiger charge is 2.48. The summed E-state index contributed by atoms with van der Waals surface area (Å²) in [6.45, 7) is 2.04. The van der Waals surface area contributed by atoms with Gasteiger partial charge >= 0.3 is 0 Å². The fourth-order valence-corrected chi connectivity index (χ4v) is 3.51. The minimum atomic E-state index is -0.342. The lowest BCUT2D eigenvalue weighted by molar-refractivity contribution is -0.144. The third-order valence-electron chi connectivity index (χ3n) is 4.76. The van der Waals surface area contributed by atoms with E-state index in [2.05, 4.69) is 5.10 Å². The zero-order valence-corrected chi connectivity index (χ0v) is 13.2. The van der Waals surface area contributed by atoms with Crippen LogP contribution in [0.4, 0.5) is 0 Å². The number of hydrogen-bond acceptors (Lipinski definition) is 3. The number of carbonyl (C=O) groups is 2. The Balaban J connectivity index is 1.66. The number of hydrogen-bond donors (Lipinski definition) is 0. The van der Waals surface area contributed by atoms with Crippen molar-refractivity contribution < 1.29 is 9.59 Å². The van der Waals surface area contributed by atoms with Gasteiger partial charge in [0.15, 0.2) is 0 Å². The van der Waals surface area contributed by atoms with Crippen LogP contribution >= 0.6 is 0 Å². The van der Waals surface area contributed by atoms with Gasteiger partial charge in [-0.05, 0) is 25.3 Å². The molecule has 6 nitrogen and oxygen atoms in total. The highest BCUT2D eigenvalue weighted by atomic mass is 16.2. The number of amides is 2. The molecule has 1 spiro atoms. The van der Waals surface area contributed by atoms with E-state index in [1.54, 1.807) is 27.9 Å². The van der Waals surface area contributed by atoms with E-state index in [1.165, 1.54) is 0 Å². The molecule has 22 heavy (non-hydrogen) atoms. The highest BCUT2D eigenvalue weighted by molar-refractivity contribution is 5.93. The maximum atomic E-state index is 12.5. The van der Waals surface area contributed by atoms with Crippen LogP contribution in [-0.4, -0.2) is 58.1 Å². The van der Waals surface area contributed by atoms with E-state index in [-0.39, 0.29) is 17.2 Å². The summed E-state index contributed by atoms with van der Waals surface area (Å²) in [5.41, 5.74) is 0.559. The van der Waals surface area contributed by atoms with Gasteiger partial charge in [-0.2, -0.15) is 5.10 Å². The average molecular weight is 302 g/mol. The van der Waals surface area contributed by atoms with Crippen molar-refractivity contribution in [2.75, 3.05) is 26.7 Å². The summed E-state index contributed by atoms with van der Waals surface area (Å²) < 4.78 is 1.70. The summed E-state index contributed by atoms with van der Waals surface area (Å²) in [6.07, 6.45) is 9.62. The van der Waals surface area contributed by atoms with Crippen LogP contribution in [0.1, 0.15) is 24.8 Å². The molecule has 3 rings (SSSR count). The summed E-state index contributed by atoms with van der Waals surface area (Å²) in [7, 11) is 3.70. The highest BCUT2D eigenvalue weighted by Crippen LogP contribution is 2.39. The minimum Gasteiger partial charge on any atom is -0.345 e. The number of aryl methyl sites for hydroxylation is 1. The standard InChI is InChI=1S/C16H22N4O2/c1-18-8-3-6-16(15(18)22)7-9-20(12-16)14(21)5-4-13-10-17-19(2)11-13/h4-5,10-11H,3,6-9,12H2,1-2H3/b5-4+/t16-/m1/s1. The predicted octanol–water partition coefficient (Wildman–Crippen LogP) is 0.904. The molecule has 2 aliphatic rings. The van der Waals surface area contributed by atoms with E-state index in [0.717, 1.165) is 31.4 Å². The number of aromatic nitrogens is 2. The Hall–Kier alpha value is -2.11. The molecule has 0 aromatic carbocycles. The van der Waals surface area contributed by atoms with E-state index >= 15 is 0 Å². The lowest BCUT2D eigenvalue weighted by atomic mass is 9.78. The van der Waals surface area contributed by atoms with Crippen LogP contribution in [0.25, 0.3) is 6.08 Å². The molecule has 1 aromatic rings. The first-order valence-electron chi connectivity index (χ1n) is 7.71. The summed E-state index contributed by atoms with van der Waals surface area (Å²) in [5, 5.41) is 4.07. The van der Waals surface area contributed by atoms with Crippen LogP contribution in [0.2, 0.25) is 0 Å². The van der Waals surface area contributed by atoms with E-state index < -0.39 is 0 Å². The Kier molecular flexibility index (Phi) is 3.76. The lowest BCUT2D eigenvalue weighted by Crippen LogP contribution is -2.48. The third kappa shape index (κ3) is 2.65. The van der Waals surface area contributed by atoms with E-state index in [4.69, 9.17) is 0 Å². The van der Waals surface area contributed by atoms with Crippen molar-refractivity contribution in [3.63, 3.8) is 0 Å². The van der Waals surface area contributed by atoms with Crippen molar-refractivity contribution in [1.29, 1.82) is 0 Å². The molecule has 0 unspecified atom stereocenters. The Labute approximate surface area is 130 Å². The molecule has 2 amide bonds. The molecular formula is C16H22N4O2. The Bertz CT molecular complexity index is 621. The van der Waals surface area contributed by atoms with Gasteiger partial charge in [-0.15, -0.1) is 0 Å².